The van der Waals surface area contributed by atoms with E-state index in [1.807, 2.05) is 18.7 Å². The van der Waals surface area contributed by atoms with Crippen molar-refractivity contribution in [1.29, 1.82) is 0 Å². The number of rotatable bonds is 3. The van der Waals surface area contributed by atoms with Crippen molar-refractivity contribution in [3.63, 3.8) is 0 Å². The van der Waals surface area contributed by atoms with Gasteiger partial charge < -0.3 is 10.6 Å². The second kappa shape index (κ2) is 5.34. The van der Waals surface area contributed by atoms with Crippen molar-refractivity contribution in [2.75, 3.05) is 18.4 Å². The largest absolute Gasteiger partial charge is 0.369 e. The highest BCUT2D eigenvalue weighted by molar-refractivity contribution is 5.36. The van der Waals surface area contributed by atoms with Gasteiger partial charge in [0.2, 0.25) is 0 Å². The molecular formula is C12H22N4. The first-order valence-corrected chi connectivity index (χ1v) is 6.23. The molecule has 4 heteroatoms. The summed E-state index contributed by atoms with van der Waals surface area (Å²) in [5, 5.41) is 11.4. The Balaban J connectivity index is 1.84. The third-order valence-corrected chi connectivity index (χ3v) is 3.19. The molecule has 0 saturated carbocycles. The summed E-state index contributed by atoms with van der Waals surface area (Å²) in [5.41, 5.74) is 1.07. The van der Waals surface area contributed by atoms with E-state index in [9.17, 15) is 0 Å². The molecule has 0 amide bonds. The molecule has 0 aliphatic carbocycles. The zero-order chi connectivity index (χ0) is 11.4. The fourth-order valence-corrected chi connectivity index (χ4v) is 2.28. The average molecular weight is 222 g/mol. The molecule has 1 aromatic heterocycles. The Morgan fingerprint density at radius 3 is 3.12 bits per heavy atom. The van der Waals surface area contributed by atoms with E-state index >= 15 is 0 Å². The molecule has 2 rings (SSSR count). The zero-order valence-corrected chi connectivity index (χ0v) is 10.3. The lowest BCUT2D eigenvalue weighted by molar-refractivity contribution is 0.528. The average Bonchev–Trinajstić information content (AvgIpc) is 2.48. The van der Waals surface area contributed by atoms with Crippen LogP contribution < -0.4 is 10.6 Å². The van der Waals surface area contributed by atoms with Crippen LogP contribution in [0.1, 0.15) is 31.4 Å². The summed E-state index contributed by atoms with van der Waals surface area (Å²) in [6.07, 6.45) is 5.32. The number of aryl methyl sites for hydroxylation is 2. The van der Waals surface area contributed by atoms with Crippen LogP contribution in [0.2, 0.25) is 0 Å². The molecule has 1 aliphatic heterocycles. The standard InChI is InChI=1S/C12H22N4/c1-10-8-12(16(2)15-10)14-9-11-6-4-3-5-7-13-11/h8,11,13-14H,3-7,9H2,1-2H3. The quantitative estimate of drug-likeness (QED) is 0.817. The van der Waals surface area contributed by atoms with Crippen molar-refractivity contribution in [3.05, 3.63) is 11.8 Å². The Bertz CT molecular complexity index is 324. The van der Waals surface area contributed by atoms with Gasteiger partial charge in [-0.2, -0.15) is 5.10 Å². The molecule has 1 atom stereocenters. The van der Waals surface area contributed by atoms with E-state index in [1.165, 1.54) is 25.7 Å². The number of hydrogen-bond donors (Lipinski definition) is 2. The summed E-state index contributed by atoms with van der Waals surface area (Å²) in [4.78, 5) is 0. The van der Waals surface area contributed by atoms with Crippen LogP contribution in [0.5, 0.6) is 0 Å². The van der Waals surface area contributed by atoms with Gasteiger partial charge in [0.1, 0.15) is 5.82 Å². The van der Waals surface area contributed by atoms with Crippen molar-refractivity contribution in [2.45, 2.75) is 38.6 Å². The van der Waals surface area contributed by atoms with Crippen molar-refractivity contribution >= 4 is 5.82 Å². The molecule has 0 bridgehead atoms. The third-order valence-electron chi connectivity index (χ3n) is 3.19. The molecule has 2 N–H and O–H groups in total. The van der Waals surface area contributed by atoms with E-state index in [-0.39, 0.29) is 0 Å². The smallest absolute Gasteiger partial charge is 0.124 e. The van der Waals surface area contributed by atoms with Gasteiger partial charge in [0.25, 0.3) is 0 Å². The molecule has 1 saturated heterocycles. The van der Waals surface area contributed by atoms with Crippen molar-refractivity contribution in [1.82, 2.24) is 15.1 Å². The van der Waals surface area contributed by atoms with Crippen molar-refractivity contribution in [2.24, 2.45) is 7.05 Å². The molecule has 1 fully saturated rings. The van der Waals surface area contributed by atoms with Crippen LogP contribution >= 0.6 is 0 Å². The summed E-state index contributed by atoms with van der Waals surface area (Å²) in [7, 11) is 1.98. The minimum Gasteiger partial charge on any atom is -0.369 e. The molecule has 1 unspecified atom stereocenters. The Hall–Kier alpha value is -1.03. The maximum absolute atomic E-state index is 4.33. The minimum atomic E-state index is 0.609. The van der Waals surface area contributed by atoms with E-state index in [0.29, 0.717) is 6.04 Å². The van der Waals surface area contributed by atoms with Gasteiger partial charge in [0.05, 0.1) is 5.69 Å². The van der Waals surface area contributed by atoms with Gasteiger partial charge in [-0.05, 0) is 26.3 Å². The van der Waals surface area contributed by atoms with Crippen LogP contribution in [0, 0.1) is 6.92 Å². The van der Waals surface area contributed by atoms with Gasteiger partial charge in [-0.1, -0.05) is 12.8 Å². The van der Waals surface area contributed by atoms with Gasteiger partial charge in [-0.25, -0.2) is 0 Å². The lowest BCUT2D eigenvalue weighted by Crippen LogP contribution is -2.34. The fourth-order valence-electron chi connectivity index (χ4n) is 2.28. The summed E-state index contributed by atoms with van der Waals surface area (Å²) in [6.45, 7) is 4.19. The molecule has 4 nitrogen and oxygen atoms in total. The predicted molar refractivity (Wildman–Crippen MR) is 66.7 cm³/mol. The van der Waals surface area contributed by atoms with E-state index in [0.717, 1.165) is 24.6 Å². The molecule has 0 aromatic carbocycles. The molecule has 90 valence electrons. The monoisotopic (exact) mass is 222 g/mol. The second-order valence-corrected chi connectivity index (χ2v) is 4.68. The second-order valence-electron chi connectivity index (χ2n) is 4.68. The van der Waals surface area contributed by atoms with E-state index in [4.69, 9.17) is 0 Å². The molecule has 1 aliphatic rings. The van der Waals surface area contributed by atoms with Crippen LogP contribution in [0.25, 0.3) is 0 Å². The van der Waals surface area contributed by atoms with Crippen LogP contribution in [0.3, 0.4) is 0 Å². The highest BCUT2D eigenvalue weighted by Gasteiger charge is 2.11. The van der Waals surface area contributed by atoms with Gasteiger partial charge in [-0.15, -0.1) is 0 Å². The molecule has 2 heterocycles. The van der Waals surface area contributed by atoms with E-state index < -0.39 is 0 Å². The number of nitrogens with zero attached hydrogens (tertiary/aromatic N) is 2. The lowest BCUT2D eigenvalue weighted by Gasteiger charge is -2.16. The molecule has 0 spiro atoms. The highest BCUT2D eigenvalue weighted by atomic mass is 15.3. The Kier molecular flexibility index (Phi) is 3.83. The van der Waals surface area contributed by atoms with Gasteiger partial charge in [0, 0.05) is 25.7 Å². The molecule has 16 heavy (non-hydrogen) atoms. The topological polar surface area (TPSA) is 41.9 Å². The molecule has 1 aromatic rings. The summed E-state index contributed by atoms with van der Waals surface area (Å²) in [5.74, 6) is 1.11. The maximum atomic E-state index is 4.33. The van der Waals surface area contributed by atoms with Crippen molar-refractivity contribution < 1.29 is 0 Å². The summed E-state index contributed by atoms with van der Waals surface area (Å²) < 4.78 is 1.91. The zero-order valence-electron chi connectivity index (χ0n) is 10.3. The Morgan fingerprint density at radius 1 is 1.50 bits per heavy atom. The van der Waals surface area contributed by atoms with Crippen LogP contribution in [-0.4, -0.2) is 28.9 Å². The van der Waals surface area contributed by atoms with E-state index in [1.54, 1.807) is 0 Å². The first-order chi connectivity index (χ1) is 7.75. The molecule has 0 radical (unpaired) electrons. The molecular weight excluding hydrogens is 200 g/mol. The SMILES string of the molecule is Cc1cc(NCC2CCCCCN2)n(C)n1. The third kappa shape index (κ3) is 2.98. The Labute approximate surface area is 97.4 Å². The highest BCUT2D eigenvalue weighted by Crippen LogP contribution is 2.11. The maximum Gasteiger partial charge on any atom is 0.124 e. The van der Waals surface area contributed by atoms with Gasteiger partial charge in [-0.3, -0.25) is 4.68 Å². The Morgan fingerprint density at radius 2 is 2.38 bits per heavy atom. The van der Waals surface area contributed by atoms with Crippen LogP contribution in [0.4, 0.5) is 5.82 Å². The van der Waals surface area contributed by atoms with Crippen molar-refractivity contribution in [3.8, 4) is 0 Å². The predicted octanol–water partition coefficient (Wildman–Crippen LogP) is 1.67. The number of aromatic nitrogens is 2. The van der Waals surface area contributed by atoms with Gasteiger partial charge in [0.15, 0.2) is 0 Å². The van der Waals surface area contributed by atoms with E-state index in [2.05, 4.69) is 21.8 Å². The number of anilines is 1. The number of nitrogens with one attached hydrogen (secondary N) is 2. The summed E-state index contributed by atoms with van der Waals surface area (Å²) in [6, 6.07) is 2.70. The van der Waals surface area contributed by atoms with Crippen LogP contribution in [0.15, 0.2) is 6.07 Å². The summed E-state index contributed by atoms with van der Waals surface area (Å²) >= 11 is 0. The van der Waals surface area contributed by atoms with Gasteiger partial charge >= 0.3 is 0 Å². The first kappa shape index (κ1) is 11.5. The minimum absolute atomic E-state index is 0.609. The normalized spacial score (nSPS) is 21.8. The van der Waals surface area contributed by atoms with Crippen LogP contribution in [-0.2, 0) is 7.05 Å². The fraction of sp³-hybridized carbons (Fsp3) is 0.750. The first-order valence-electron chi connectivity index (χ1n) is 6.23. The number of hydrogen-bond acceptors (Lipinski definition) is 3. The lowest BCUT2D eigenvalue weighted by atomic mass is 10.1.